The number of ether oxygens (including phenoxy) is 2. The molecule has 0 aliphatic carbocycles. The van der Waals surface area contributed by atoms with Crippen LogP contribution in [0.15, 0.2) is 60.7 Å². The first-order valence-electron chi connectivity index (χ1n) is 23.6. The molecule has 1 fully saturated rings. The van der Waals surface area contributed by atoms with Crippen LogP contribution in [-0.4, -0.2) is 115 Å². The Kier molecular flexibility index (Phi) is 22.8. The van der Waals surface area contributed by atoms with Crippen molar-refractivity contribution in [3.63, 3.8) is 0 Å². The molecule has 0 spiro atoms. The number of likely N-dealkylation sites (tertiary alicyclic amines) is 1. The van der Waals surface area contributed by atoms with Gasteiger partial charge in [0, 0.05) is 32.5 Å². The van der Waals surface area contributed by atoms with Crippen molar-refractivity contribution < 1.29 is 51.9 Å². The fourth-order valence-corrected chi connectivity index (χ4v) is 9.63. The molecule has 17 nitrogen and oxygen atoms in total. The van der Waals surface area contributed by atoms with Gasteiger partial charge in [-0.1, -0.05) is 74.5 Å². The summed E-state index contributed by atoms with van der Waals surface area (Å²) in [6.45, 7) is 19.0. The number of piperidine rings is 1. The normalized spacial score (nSPS) is 15.4. The highest BCUT2D eigenvalue weighted by atomic mass is 31.2. The number of carbonyl (C=O) groups excluding carboxylic acids is 6. The van der Waals surface area contributed by atoms with Gasteiger partial charge in [0.2, 0.25) is 23.6 Å². The number of carbonyl (C=O) groups is 6. The van der Waals surface area contributed by atoms with Crippen LogP contribution < -0.4 is 26.6 Å². The molecule has 1 aliphatic rings. The van der Waals surface area contributed by atoms with Crippen molar-refractivity contribution in [1.29, 1.82) is 0 Å². The number of nitrogens with zero attached hydrogens (tertiary/aromatic N) is 1. The molecule has 2 aromatic carbocycles. The fourth-order valence-electron chi connectivity index (χ4n) is 7.55. The van der Waals surface area contributed by atoms with Gasteiger partial charge >= 0.3 is 19.8 Å². The van der Waals surface area contributed by atoms with E-state index in [1.54, 1.807) is 60.3 Å². The highest BCUT2D eigenvalue weighted by molar-refractivity contribution is 7.54. The van der Waals surface area contributed by atoms with Crippen LogP contribution in [0.5, 0.6) is 0 Å². The average Bonchev–Trinajstić information content (AvgIpc) is 3.24. The van der Waals surface area contributed by atoms with Gasteiger partial charge in [-0.15, -0.1) is 0 Å². The number of benzene rings is 2. The van der Waals surface area contributed by atoms with Crippen LogP contribution in [0.25, 0.3) is 0 Å². The van der Waals surface area contributed by atoms with Gasteiger partial charge in [-0.2, -0.15) is 0 Å². The standard InChI is InChI=1S/C49H77N6O11P/c1-11-63-67(62,64-12-2)37-26-29-55(30-27-37)45(59)38(25-19-20-28-50-46(60)65-48(5,6)7)51-42(56)39(31-34(3)4)52-43(57)40(32-35-21-15-13-16-22-35)53-44(58)41(33-36-23-17-14-18-24-36)54-47(61)66-49(8,9)10/h13-18,21-24,34,37-41H,11-12,19-20,25-33H2,1-10H3,(H,50,60)(H,51,56)(H,52,57)(H,53,58)(H,54,61)/t38-,39-,40-,41-/m1/s1. The topological polar surface area (TPSA) is 220 Å². The summed E-state index contributed by atoms with van der Waals surface area (Å²) in [5.74, 6) is -2.27. The predicted molar refractivity (Wildman–Crippen MR) is 257 cm³/mol. The molecule has 2 aromatic rings. The first kappa shape index (κ1) is 56.3. The van der Waals surface area contributed by atoms with E-state index in [1.165, 1.54) is 0 Å². The van der Waals surface area contributed by atoms with Gasteiger partial charge in [0.05, 0.1) is 18.9 Å². The second-order valence-corrected chi connectivity index (χ2v) is 21.6. The summed E-state index contributed by atoms with van der Waals surface area (Å²) in [6, 6.07) is 13.8. The Morgan fingerprint density at radius 1 is 0.642 bits per heavy atom. The molecular weight excluding hydrogens is 880 g/mol. The second kappa shape index (κ2) is 27.1. The molecule has 6 amide bonds. The van der Waals surface area contributed by atoms with Gasteiger partial charge in [0.1, 0.15) is 35.4 Å². The number of alkyl carbamates (subject to hydrolysis) is 2. The minimum atomic E-state index is -3.40. The monoisotopic (exact) mass is 957 g/mol. The molecular formula is C49H77N6O11P. The van der Waals surface area contributed by atoms with Crippen LogP contribution >= 0.6 is 7.60 Å². The van der Waals surface area contributed by atoms with Gasteiger partial charge in [0.15, 0.2) is 0 Å². The zero-order chi connectivity index (χ0) is 49.8. The molecule has 0 radical (unpaired) electrons. The Hall–Kier alpha value is -4.99. The van der Waals surface area contributed by atoms with Crippen molar-refractivity contribution in [2.45, 2.75) is 162 Å². The summed E-state index contributed by atoms with van der Waals surface area (Å²) >= 11 is 0. The average molecular weight is 957 g/mol. The molecule has 1 saturated heterocycles. The van der Waals surface area contributed by atoms with E-state index in [0.717, 1.165) is 11.1 Å². The lowest BCUT2D eigenvalue weighted by molar-refractivity contribution is -0.138. The van der Waals surface area contributed by atoms with Crippen molar-refractivity contribution in [2.75, 3.05) is 32.8 Å². The molecule has 4 atom stereocenters. The van der Waals surface area contributed by atoms with Crippen molar-refractivity contribution in [3.05, 3.63) is 71.8 Å². The molecule has 0 saturated carbocycles. The number of nitrogens with one attached hydrogen (secondary N) is 5. The number of unbranched alkanes of at least 4 members (excludes halogenated alkanes) is 1. The van der Waals surface area contributed by atoms with Crippen LogP contribution in [0.3, 0.4) is 0 Å². The van der Waals surface area contributed by atoms with Crippen LogP contribution in [0.2, 0.25) is 0 Å². The van der Waals surface area contributed by atoms with E-state index < -0.39 is 72.9 Å². The highest BCUT2D eigenvalue weighted by Gasteiger charge is 2.40. The highest BCUT2D eigenvalue weighted by Crippen LogP contribution is 2.56. The fraction of sp³-hybridized carbons (Fsp3) is 0.633. The van der Waals surface area contributed by atoms with E-state index in [0.29, 0.717) is 25.7 Å². The minimum absolute atomic E-state index is 0.0623. The van der Waals surface area contributed by atoms with Gasteiger partial charge in [-0.25, -0.2) is 9.59 Å². The summed E-state index contributed by atoms with van der Waals surface area (Å²) in [7, 11) is -3.40. The first-order chi connectivity index (χ1) is 31.5. The third-order valence-electron chi connectivity index (χ3n) is 10.6. The lowest BCUT2D eigenvalue weighted by atomic mass is 9.99. The summed E-state index contributed by atoms with van der Waals surface area (Å²) in [4.78, 5) is 84.3. The largest absolute Gasteiger partial charge is 0.444 e. The molecule has 0 aromatic heterocycles. The molecule has 1 aliphatic heterocycles. The second-order valence-electron chi connectivity index (χ2n) is 19.2. The maximum absolute atomic E-state index is 14.4. The lowest BCUT2D eigenvalue weighted by Crippen LogP contribution is -2.59. The lowest BCUT2D eigenvalue weighted by Gasteiger charge is -2.37. The number of hydrogen-bond acceptors (Lipinski definition) is 11. The number of rotatable bonds is 24. The van der Waals surface area contributed by atoms with E-state index >= 15 is 0 Å². The van der Waals surface area contributed by atoms with Crippen molar-refractivity contribution in [2.24, 2.45) is 5.92 Å². The summed E-state index contributed by atoms with van der Waals surface area (Å²) in [5.41, 5.74) is -0.391. The molecule has 3 rings (SSSR count). The molecule has 0 bridgehead atoms. The number of hydrogen-bond donors (Lipinski definition) is 5. The van der Waals surface area contributed by atoms with Crippen LogP contribution in [0.1, 0.15) is 119 Å². The third-order valence-corrected chi connectivity index (χ3v) is 13.2. The van der Waals surface area contributed by atoms with E-state index in [1.807, 2.05) is 74.5 Å². The maximum Gasteiger partial charge on any atom is 0.408 e. The van der Waals surface area contributed by atoms with E-state index in [2.05, 4.69) is 26.6 Å². The van der Waals surface area contributed by atoms with E-state index in [4.69, 9.17) is 18.5 Å². The van der Waals surface area contributed by atoms with Crippen LogP contribution in [0.4, 0.5) is 9.59 Å². The third kappa shape index (κ3) is 20.8. The Bertz CT molecular complexity index is 1920. The van der Waals surface area contributed by atoms with E-state index in [-0.39, 0.29) is 76.0 Å². The summed E-state index contributed by atoms with van der Waals surface area (Å²) in [6.07, 6.45) is 0.912. The zero-order valence-electron chi connectivity index (χ0n) is 41.3. The Labute approximate surface area is 397 Å². The van der Waals surface area contributed by atoms with Crippen molar-refractivity contribution >= 4 is 43.4 Å². The van der Waals surface area contributed by atoms with Crippen LogP contribution in [0, 0.1) is 5.92 Å². The smallest absolute Gasteiger partial charge is 0.408 e. The SMILES string of the molecule is CCOP(=O)(OCC)C1CCN(C(=O)[C@@H](CCCCNC(=O)OC(C)(C)C)NC(=O)[C@@H](CC(C)C)NC(=O)[C@@H](Cc2ccccc2)NC(=O)[C@@H](Cc2ccccc2)NC(=O)OC(C)(C)C)CC1. The van der Waals surface area contributed by atoms with Crippen LogP contribution in [-0.2, 0) is 55.1 Å². The zero-order valence-corrected chi connectivity index (χ0v) is 42.2. The van der Waals surface area contributed by atoms with Gasteiger partial charge in [-0.3, -0.25) is 23.7 Å². The maximum atomic E-state index is 14.4. The summed E-state index contributed by atoms with van der Waals surface area (Å²) < 4.78 is 35.6. The Balaban J connectivity index is 1.88. The molecule has 5 N–H and O–H groups in total. The molecule has 0 unspecified atom stereocenters. The van der Waals surface area contributed by atoms with Crippen molar-refractivity contribution in [1.82, 2.24) is 31.5 Å². The quantitative estimate of drug-likeness (QED) is 0.0543. The molecule has 1 heterocycles. The minimum Gasteiger partial charge on any atom is -0.444 e. The Morgan fingerprint density at radius 3 is 1.57 bits per heavy atom. The molecule has 374 valence electrons. The van der Waals surface area contributed by atoms with Gasteiger partial charge < -0.3 is 50.0 Å². The van der Waals surface area contributed by atoms with E-state index in [9.17, 15) is 33.3 Å². The van der Waals surface area contributed by atoms with Gasteiger partial charge in [-0.05, 0) is 111 Å². The number of amides is 6. The predicted octanol–water partition coefficient (Wildman–Crippen LogP) is 6.82. The van der Waals surface area contributed by atoms with Crippen molar-refractivity contribution in [3.8, 4) is 0 Å². The van der Waals surface area contributed by atoms with Gasteiger partial charge in [0.25, 0.3) is 0 Å². The molecule has 18 heteroatoms. The Morgan fingerprint density at radius 2 is 1.09 bits per heavy atom. The summed E-state index contributed by atoms with van der Waals surface area (Å²) in [5, 5.41) is 14.1. The molecule has 67 heavy (non-hydrogen) atoms. The first-order valence-corrected chi connectivity index (χ1v) is 25.3.